The maximum absolute atomic E-state index is 11.9. The molecular weight excluding hydrogens is 228 g/mol. The van der Waals surface area contributed by atoms with Crippen LogP contribution in [0.15, 0.2) is 12.5 Å². The fraction of sp³-hybridized carbons (Fsp3) is 0.615. The second-order valence-electron chi connectivity index (χ2n) is 4.90. The molecule has 96 valence electrons. The number of nitrogens with one attached hydrogen (secondary N) is 1. The monoisotopic (exact) mass is 246 g/mol. The highest BCUT2D eigenvalue weighted by molar-refractivity contribution is 5.92. The van der Waals surface area contributed by atoms with Crippen molar-refractivity contribution in [3.05, 3.63) is 18.2 Å². The lowest BCUT2D eigenvalue weighted by molar-refractivity contribution is 0.0924. The summed E-state index contributed by atoms with van der Waals surface area (Å²) in [7, 11) is 1.81. The van der Waals surface area contributed by atoms with E-state index in [1.807, 2.05) is 7.05 Å². The molecule has 1 aliphatic rings. The molecule has 1 fully saturated rings. The second-order valence-corrected chi connectivity index (χ2v) is 4.90. The topological polar surface area (TPSA) is 70.7 Å². The van der Waals surface area contributed by atoms with Gasteiger partial charge in [0.05, 0.1) is 12.4 Å². The molecule has 1 N–H and O–H groups in total. The number of carbonyl (C=O) groups excluding carboxylic acids is 1. The Morgan fingerprint density at radius 3 is 2.83 bits per heavy atom. The van der Waals surface area contributed by atoms with Gasteiger partial charge in [-0.15, -0.1) is 0 Å². The first-order valence-electron chi connectivity index (χ1n) is 6.39. The zero-order chi connectivity index (χ0) is 13.0. The SMILES string of the molecule is Cn1cnc(C(=O)NC(C#N)C2CCCCC2)c1. The molecule has 2 rings (SSSR count). The summed E-state index contributed by atoms with van der Waals surface area (Å²) in [5.41, 5.74) is 0.369. The number of nitrogens with zero attached hydrogens (tertiary/aromatic N) is 3. The van der Waals surface area contributed by atoms with Crippen LogP contribution in [0.1, 0.15) is 42.6 Å². The lowest BCUT2D eigenvalue weighted by Crippen LogP contribution is -2.40. The highest BCUT2D eigenvalue weighted by atomic mass is 16.2. The molecule has 1 amide bonds. The van der Waals surface area contributed by atoms with E-state index in [0.29, 0.717) is 5.69 Å². The molecule has 1 heterocycles. The van der Waals surface area contributed by atoms with E-state index in [1.165, 1.54) is 6.42 Å². The van der Waals surface area contributed by atoms with Crippen molar-refractivity contribution in [3.8, 4) is 6.07 Å². The lowest BCUT2D eigenvalue weighted by Gasteiger charge is -2.26. The number of nitriles is 1. The summed E-state index contributed by atoms with van der Waals surface area (Å²) in [5.74, 6) is 0.0316. The summed E-state index contributed by atoms with van der Waals surface area (Å²) in [5, 5.41) is 12.0. The van der Waals surface area contributed by atoms with Crippen molar-refractivity contribution in [1.29, 1.82) is 5.26 Å². The van der Waals surface area contributed by atoms with Gasteiger partial charge in [0.1, 0.15) is 11.7 Å². The molecular formula is C13H18N4O. The maximum atomic E-state index is 11.9. The minimum Gasteiger partial charge on any atom is -0.340 e. The van der Waals surface area contributed by atoms with Gasteiger partial charge >= 0.3 is 0 Å². The first-order chi connectivity index (χ1) is 8.70. The minimum absolute atomic E-state index is 0.257. The number of imidazole rings is 1. The van der Waals surface area contributed by atoms with Crippen molar-refractivity contribution in [2.75, 3.05) is 0 Å². The number of rotatable bonds is 3. The van der Waals surface area contributed by atoms with Crippen LogP contribution in [0.25, 0.3) is 0 Å². The van der Waals surface area contributed by atoms with Gasteiger partial charge in [-0.2, -0.15) is 5.26 Å². The number of amides is 1. The van der Waals surface area contributed by atoms with E-state index in [1.54, 1.807) is 17.1 Å². The molecule has 0 radical (unpaired) electrons. The van der Waals surface area contributed by atoms with Gasteiger partial charge in [-0.05, 0) is 18.8 Å². The van der Waals surface area contributed by atoms with Crippen molar-refractivity contribution in [2.24, 2.45) is 13.0 Å². The van der Waals surface area contributed by atoms with E-state index in [0.717, 1.165) is 25.7 Å². The summed E-state index contributed by atoms with van der Waals surface area (Å²) in [4.78, 5) is 15.9. The minimum atomic E-state index is -0.389. The Kier molecular flexibility index (Phi) is 3.98. The predicted molar refractivity (Wildman–Crippen MR) is 66.7 cm³/mol. The summed E-state index contributed by atoms with van der Waals surface area (Å²) >= 11 is 0. The first-order valence-corrected chi connectivity index (χ1v) is 6.39. The van der Waals surface area contributed by atoms with Crippen LogP contribution in [0.5, 0.6) is 0 Å². The standard InChI is InChI=1S/C13H18N4O/c1-17-8-12(15-9-17)13(18)16-11(7-14)10-5-3-2-4-6-10/h8-11H,2-6H2,1H3,(H,16,18). The van der Waals surface area contributed by atoms with Crippen LogP contribution in [-0.4, -0.2) is 21.5 Å². The van der Waals surface area contributed by atoms with E-state index < -0.39 is 0 Å². The average molecular weight is 246 g/mol. The molecule has 0 aliphatic heterocycles. The summed E-state index contributed by atoms with van der Waals surface area (Å²) in [6, 6.07) is 1.82. The molecule has 1 aromatic rings. The third kappa shape index (κ3) is 2.89. The Bertz CT molecular complexity index is 454. The number of aryl methyl sites for hydroxylation is 1. The summed E-state index contributed by atoms with van der Waals surface area (Å²) < 4.78 is 1.72. The van der Waals surface area contributed by atoms with Gasteiger partial charge in [0.15, 0.2) is 0 Å². The maximum Gasteiger partial charge on any atom is 0.272 e. The molecule has 1 aliphatic carbocycles. The Labute approximate surface area is 107 Å². The first kappa shape index (κ1) is 12.6. The zero-order valence-electron chi connectivity index (χ0n) is 10.6. The highest BCUT2D eigenvalue weighted by Gasteiger charge is 2.25. The molecule has 5 nitrogen and oxygen atoms in total. The Balaban J connectivity index is 1.98. The number of hydrogen-bond acceptors (Lipinski definition) is 3. The van der Waals surface area contributed by atoms with E-state index in [9.17, 15) is 10.1 Å². The third-order valence-electron chi connectivity index (χ3n) is 3.48. The number of carbonyl (C=O) groups is 1. The molecule has 1 aromatic heterocycles. The fourth-order valence-electron chi connectivity index (χ4n) is 2.47. The smallest absolute Gasteiger partial charge is 0.272 e. The molecule has 0 aromatic carbocycles. The molecule has 0 saturated heterocycles. The van der Waals surface area contributed by atoms with Crippen LogP contribution >= 0.6 is 0 Å². The van der Waals surface area contributed by atoms with Crippen molar-refractivity contribution in [3.63, 3.8) is 0 Å². The molecule has 0 spiro atoms. The van der Waals surface area contributed by atoms with Gasteiger partial charge in [0.2, 0.25) is 0 Å². The molecule has 5 heteroatoms. The molecule has 1 unspecified atom stereocenters. The largest absolute Gasteiger partial charge is 0.340 e. The van der Waals surface area contributed by atoms with Crippen molar-refractivity contribution in [2.45, 2.75) is 38.1 Å². The lowest BCUT2D eigenvalue weighted by atomic mass is 9.84. The summed E-state index contributed by atoms with van der Waals surface area (Å²) in [6.45, 7) is 0. The predicted octanol–water partition coefficient (Wildman–Crippen LogP) is 1.62. The van der Waals surface area contributed by atoms with Gasteiger partial charge in [-0.3, -0.25) is 4.79 Å². The van der Waals surface area contributed by atoms with Crippen molar-refractivity contribution >= 4 is 5.91 Å². The molecule has 1 saturated carbocycles. The average Bonchev–Trinajstić information content (AvgIpc) is 2.83. The fourth-order valence-corrected chi connectivity index (χ4v) is 2.47. The van der Waals surface area contributed by atoms with Gasteiger partial charge in [-0.1, -0.05) is 19.3 Å². The van der Waals surface area contributed by atoms with E-state index in [-0.39, 0.29) is 17.9 Å². The van der Waals surface area contributed by atoms with Crippen molar-refractivity contribution in [1.82, 2.24) is 14.9 Å². The van der Waals surface area contributed by atoms with Gasteiger partial charge < -0.3 is 9.88 Å². The molecule has 18 heavy (non-hydrogen) atoms. The Morgan fingerprint density at radius 2 is 2.28 bits per heavy atom. The Hall–Kier alpha value is -1.83. The van der Waals surface area contributed by atoms with E-state index in [2.05, 4.69) is 16.4 Å². The highest BCUT2D eigenvalue weighted by Crippen LogP contribution is 2.26. The quantitative estimate of drug-likeness (QED) is 0.881. The second kappa shape index (κ2) is 5.67. The van der Waals surface area contributed by atoms with Crippen LogP contribution in [0.4, 0.5) is 0 Å². The van der Waals surface area contributed by atoms with Crippen LogP contribution in [0.2, 0.25) is 0 Å². The van der Waals surface area contributed by atoms with Gasteiger partial charge in [-0.25, -0.2) is 4.98 Å². The van der Waals surface area contributed by atoms with Gasteiger partial charge in [0.25, 0.3) is 5.91 Å². The Morgan fingerprint density at radius 1 is 1.56 bits per heavy atom. The third-order valence-corrected chi connectivity index (χ3v) is 3.48. The van der Waals surface area contributed by atoms with Crippen LogP contribution in [-0.2, 0) is 7.05 Å². The summed E-state index contributed by atoms with van der Waals surface area (Å²) in [6.07, 6.45) is 8.84. The normalized spacial score (nSPS) is 18.0. The number of aromatic nitrogens is 2. The number of hydrogen-bond donors (Lipinski definition) is 1. The molecule has 0 bridgehead atoms. The van der Waals surface area contributed by atoms with Gasteiger partial charge in [0, 0.05) is 13.2 Å². The van der Waals surface area contributed by atoms with Crippen molar-refractivity contribution < 1.29 is 4.79 Å². The van der Waals surface area contributed by atoms with E-state index in [4.69, 9.17) is 0 Å². The van der Waals surface area contributed by atoms with E-state index >= 15 is 0 Å². The molecule has 1 atom stereocenters. The van der Waals surface area contributed by atoms with Crippen LogP contribution in [0.3, 0.4) is 0 Å². The zero-order valence-corrected chi connectivity index (χ0v) is 10.6. The van der Waals surface area contributed by atoms with Crippen LogP contribution < -0.4 is 5.32 Å². The van der Waals surface area contributed by atoms with Crippen LogP contribution in [0, 0.1) is 17.2 Å².